The number of Topliss-reactive ketones (excluding diaryl/α,β-unsaturated/α-hetero) is 1. The molecular formula is C21H23NO5. The van der Waals surface area contributed by atoms with Crippen molar-refractivity contribution in [1.29, 1.82) is 0 Å². The van der Waals surface area contributed by atoms with Crippen LogP contribution in [0.1, 0.15) is 44.0 Å². The molecule has 1 fully saturated rings. The number of benzene rings is 1. The number of hydrogen-bond acceptors (Lipinski definition) is 5. The number of rotatable bonds is 4. The van der Waals surface area contributed by atoms with E-state index < -0.39 is 11.4 Å². The molecular weight excluding hydrogens is 346 g/mol. The van der Waals surface area contributed by atoms with Gasteiger partial charge in [-0.3, -0.25) is 19.3 Å². The lowest BCUT2D eigenvalue weighted by atomic mass is 9.85. The highest BCUT2D eigenvalue weighted by atomic mass is 16.5. The zero-order valence-electron chi connectivity index (χ0n) is 15.7. The van der Waals surface area contributed by atoms with Crippen molar-refractivity contribution in [2.45, 2.75) is 33.6 Å². The van der Waals surface area contributed by atoms with Gasteiger partial charge in [-0.15, -0.1) is 0 Å². The van der Waals surface area contributed by atoms with Gasteiger partial charge in [-0.25, -0.2) is 4.79 Å². The molecule has 2 amide bonds. The molecule has 0 aromatic heterocycles. The minimum atomic E-state index is -0.615. The topological polar surface area (TPSA) is 80.8 Å². The first-order valence-corrected chi connectivity index (χ1v) is 9.03. The second kappa shape index (κ2) is 7.10. The number of amides is 2. The minimum absolute atomic E-state index is 0.169. The smallest absolute Gasteiger partial charge is 0.338 e. The molecule has 142 valence electrons. The maximum absolute atomic E-state index is 12.6. The van der Waals surface area contributed by atoms with E-state index in [9.17, 15) is 19.2 Å². The van der Waals surface area contributed by atoms with E-state index >= 15 is 0 Å². The quantitative estimate of drug-likeness (QED) is 0.463. The summed E-state index contributed by atoms with van der Waals surface area (Å²) in [6.45, 7) is 4.99. The fraction of sp³-hybridized carbons (Fsp3) is 0.429. The van der Waals surface area contributed by atoms with Crippen LogP contribution in [0.25, 0.3) is 0 Å². The lowest BCUT2D eigenvalue weighted by Gasteiger charge is -2.17. The summed E-state index contributed by atoms with van der Waals surface area (Å²) in [4.78, 5) is 50.3. The van der Waals surface area contributed by atoms with Crippen molar-refractivity contribution in [2.75, 3.05) is 11.5 Å². The molecule has 1 saturated heterocycles. The van der Waals surface area contributed by atoms with Crippen molar-refractivity contribution in [3.8, 4) is 0 Å². The van der Waals surface area contributed by atoms with Gasteiger partial charge in [0.05, 0.1) is 23.1 Å². The first-order chi connectivity index (χ1) is 12.7. The van der Waals surface area contributed by atoms with Gasteiger partial charge in [-0.05, 0) is 37.1 Å². The molecule has 2 aliphatic rings. The number of ether oxygens (including phenoxy) is 1. The van der Waals surface area contributed by atoms with Crippen molar-refractivity contribution in [3.63, 3.8) is 0 Å². The number of carbonyl (C=O) groups excluding carboxylic acids is 4. The van der Waals surface area contributed by atoms with Crippen molar-refractivity contribution >= 4 is 29.3 Å². The molecule has 0 saturated carbocycles. The molecule has 0 bridgehead atoms. The van der Waals surface area contributed by atoms with Gasteiger partial charge >= 0.3 is 5.97 Å². The molecule has 27 heavy (non-hydrogen) atoms. The second-order valence-electron chi connectivity index (χ2n) is 7.96. The Hall–Kier alpha value is -2.76. The number of allylic oxidation sites excluding steroid dienone is 2. The van der Waals surface area contributed by atoms with Gasteiger partial charge < -0.3 is 4.74 Å². The Balaban J connectivity index is 1.69. The average molecular weight is 369 g/mol. The number of ketones is 1. The predicted molar refractivity (Wildman–Crippen MR) is 99.0 cm³/mol. The van der Waals surface area contributed by atoms with Crippen molar-refractivity contribution in [2.24, 2.45) is 17.3 Å². The predicted octanol–water partition coefficient (Wildman–Crippen LogP) is 2.91. The monoisotopic (exact) mass is 369 g/mol. The van der Waals surface area contributed by atoms with E-state index in [2.05, 4.69) is 0 Å². The third kappa shape index (κ3) is 3.70. The number of hydrogen-bond donors (Lipinski definition) is 0. The molecule has 1 aliphatic carbocycles. The lowest BCUT2D eigenvalue weighted by Crippen LogP contribution is -2.30. The van der Waals surface area contributed by atoms with Crippen molar-refractivity contribution in [1.82, 2.24) is 0 Å². The van der Waals surface area contributed by atoms with Crippen LogP contribution in [0.15, 0.2) is 36.4 Å². The lowest BCUT2D eigenvalue weighted by molar-refractivity contribution is -0.129. The zero-order chi connectivity index (χ0) is 19.8. The Kier molecular flexibility index (Phi) is 5.00. The number of imide groups is 1. The van der Waals surface area contributed by atoms with Gasteiger partial charge in [0.2, 0.25) is 11.8 Å². The number of carbonyl (C=O) groups is 4. The molecule has 0 N–H and O–H groups in total. The van der Waals surface area contributed by atoms with Crippen LogP contribution in [0, 0.1) is 17.3 Å². The molecule has 3 rings (SSSR count). The normalized spacial score (nSPS) is 22.0. The molecule has 2 atom stereocenters. The zero-order valence-corrected chi connectivity index (χ0v) is 15.7. The van der Waals surface area contributed by atoms with Crippen LogP contribution >= 0.6 is 0 Å². The van der Waals surface area contributed by atoms with E-state index in [4.69, 9.17) is 4.74 Å². The van der Waals surface area contributed by atoms with E-state index in [1.807, 2.05) is 12.2 Å². The van der Waals surface area contributed by atoms with Crippen LogP contribution in [-0.4, -0.2) is 30.2 Å². The average Bonchev–Trinajstić information content (AvgIpc) is 2.90. The highest BCUT2D eigenvalue weighted by Gasteiger charge is 2.47. The Morgan fingerprint density at radius 2 is 1.52 bits per heavy atom. The van der Waals surface area contributed by atoms with Crippen LogP contribution in [-0.2, 0) is 19.1 Å². The fourth-order valence-corrected chi connectivity index (χ4v) is 3.23. The van der Waals surface area contributed by atoms with Crippen LogP contribution in [0.2, 0.25) is 0 Å². The standard InChI is InChI=1S/C21H23NO5/c1-21(2,3)17(23)12-27-20(26)13-8-10-14(11-9-13)22-18(24)15-6-4-5-7-16(15)19(22)25/h4-5,8-11,15-16H,6-7,12H2,1-3H3/t15-,16+. The van der Waals surface area contributed by atoms with Crippen molar-refractivity contribution in [3.05, 3.63) is 42.0 Å². The van der Waals surface area contributed by atoms with E-state index in [1.165, 1.54) is 17.0 Å². The van der Waals surface area contributed by atoms with Gasteiger partial charge in [0.1, 0.15) is 0 Å². The van der Waals surface area contributed by atoms with E-state index in [-0.39, 0.29) is 41.6 Å². The molecule has 1 aliphatic heterocycles. The highest BCUT2D eigenvalue weighted by molar-refractivity contribution is 6.22. The summed E-state index contributed by atoms with van der Waals surface area (Å²) in [5.74, 6) is -1.76. The maximum atomic E-state index is 12.6. The summed E-state index contributed by atoms with van der Waals surface area (Å²) >= 11 is 0. The molecule has 0 unspecified atom stereocenters. The number of esters is 1. The maximum Gasteiger partial charge on any atom is 0.338 e. The fourth-order valence-electron chi connectivity index (χ4n) is 3.23. The Labute approximate surface area is 158 Å². The van der Waals surface area contributed by atoms with Crippen LogP contribution in [0.3, 0.4) is 0 Å². The molecule has 1 aromatic carbocycles. The van der Waals surface area contributed by atoms with Crippen molar-refractivity contribution < 1.29 is 23.9 Å². The van der Waals surface area contributed by atoms with Gasteiger partial charge in [-0.2, -0.15) is 0 Å². The second-order valence-corrected chi connectivity index (χ2v) is 7.96. The van der Waals surface area contributed by atoms with Gasteiger partial charge in [-0.1, -0.05) is 32.9 Å². The van der Waals surface area contributed by atoms with Gasteiger partial charge in [0.25, 0.3) is 0 Å². The Morgan fingerprint density at radius 3 is 2.00 bits per heavy atom. The van der Waals surface area contributed by atoms with Crippen LogP contribution in [0.4, 0.5) is 5.69 Å². The molecule has 1 aromatic rings. The number of nitrogens with zero attached hydrogens (tertiary/aromatic N) is 1. The molecule has 6 heteroatoms. The summed E-state index contributed by atoms with van der Waals surface area (Å²) in [6, 6.07) is 6.12. The van der Waals surface area contributed by atoms with Gasteiger partial charge in [0, 0.05) is 5.41 Å². The number of fused-ring (bicyclic) bond motifs is 1. The molecule has 6 nitrogen and oxygen atoms in total. The van der Waals surface area contributed by atoms with Crippen LogP contribution in [0.5, 0.6) is 0 Å². The van der Waals surface area contributed by atoms with Gasteiger partial charge in [0.15, 0.2) is 12.4 Å². The third-order valence-corrected chi connectivity index (χ3v) is 5.04. The summed E-state index contributed by atoms with van der Waals surface area (Å²) in [5.41, 5.74) is 0.132. The Bertz CT molecular complexity index is 790. The number of anilines is 1. The third-order valence-electron chi connectivity index (χ3n) is 5.04. The first-order valence-electron chi connectivity index (χ1n) is 9.03. The first kappa shape index (κ1) is 19.0. The van der Waals surface area contributed by atoms with E-state index in [1.54, 1.807) is 32.9 Å². The van der Waals surface area contributed by atoms with E-state index in [0.717, 1.165) is 0 Å². The van der Waals surface area contributed by atoms with Crippen LogP contribution < -0.4 is 4.90 Å². The molecule has 0 spiro atoms. The summed E-state index contributed by atoms with van der Waals surface area (Å²) < 4.78 is 5.06. The SMILES string of the molecule is CC(C)(C)C(=O)COC(=O)c1ccc(N2C(=O)[C@H]3CC=CC[C@H]3C2=O)cc1. The van der Waals surface area contributed by atoms with E-state index in [0.29, 0.717) is 18.5 Å². The molecule has 1 heterocycles. The Morgan fingerprint density at radius 1 is 1.00 bits per heavy atom. The largest absolute Gasteiger partial charge is 0.454 e. The summed E-state index contributed by atoms with van der Waals surface area (Å²) in [6.07, 6.45) is 5.04. The summed E-state index contributed by atoms with van der Waals surface area (Å²) in [5, 5.41) is 0. The summed E-state index contributed by atoms with van der Waals surface area (Å²) in [7, 11) is 0. The molecule has 0 radical (unpaired) electrons. The highest BCUT2D eigenvalue weighted by Crippen LogP contribution is 2.37. The minimum Gasteiger partial charge on any atom is -0.454 e.